The molecule has 0 saturated carbocycles. The van der Waals surface area contributed by atoms with Crippen LogP contribution in [-0.2, 0) is 6.42 Å². The number of aliphatic hydroxyl groups is 1. The van der Waals surface area contributed by atoms with Crippen LogP contribution in [0.5, 0.6) is 0 Å². The fourth-order valence-corrected chi connectivity index (χ4v) is 2.31. The van der Waals surface area contributed by atoms with Crippen molar-refractivity contribution in [3.8, 4) is 0 Å². The van der Waals surface area contributed by atoms with E-state index in [2.05, 4.69) is 16.8 Å². The Hall–Kier alpha value is -0.800. The van der Waals surface area contributed by atoms with E-state index in [9.17, 15) is 5.11 Å². The van der Waals surface area contributed by atoms with Gasteiger partial charge in [-0.15, -0.1) is 0 Å². The summed E-state index contributed by atoms with van der Waals surface area (Å²) in [6.07, 6.45) is 3.35. The average Bonchev–Trinajstić information content (AvgIpc) is 2.59. The Morgan fingerprint density at radius 1 is 1.62 bits per heavy atom. The van der Waals surface area contributed by atoms with Crippen LogP contribution >= 0.6 is 11.6 Å². The Morgan fingerprint density at radius 2 is 2.38 bits per heavy atom. The summed E-state index contributed by atoms with van der Waals surface area (Å²) in [5, 5.41) is 10.6. The van der Waals surface area contributed by atoms with Crippen LogP contribution < -0.4 is 4.90 Å². The third-order valence-electron chi connectivity index (χ3n) is 3.04. The van der Waals surface area contributed by atoms with Crippen LogP contribution in [0.2, 0.25) is 5.02 Å². The molecule has 0 radical (unpaired) electrons. The summed E-state index contributed by atoms with van der Waals surface area (Å²) in [6.45, 7) is 5.47. The molecule has 0 aromatic carbocycles. The van der Waals surface area contributed by atoms with E-state index < -0.39 is 5.60 Å². The van der Waals surface area contributed by atoms with Gasteiger partial charge in [-0.3, -0.25) is 4.98 Å². The molecule has 1 aliphatic rings. The molecule has 1 fully saturated rings. The van der Waals surface area contributed by atoms with Crippen molar-refractivity contribution in [1.82, 2.24) is 4.98 Å². The van der Waals surface area contributed by atoms with Crippen LogP contribution in [0.3, 0.4) is 0 Å². The number of halogens is 1. The largest absolute Gasteiger partial charge is 0.388 e. The number of anilines is 1. The molecule has 1 aliphatic heterocycles. The summed E-state index contributed by atoms with van der Waals surface area (Å²) in [5.41, 5.74) is 1.52. The number of hydrogen-bond donors (Lipinski definition) is 1. The molecule has 88 valence electrons. The molecule has 0 spiro atoms. The number of pyridine rings is 1. The summed E-state index contributed by atoms with van der Waals surface area (Å²) < 4.78 is 0. The first-order valence-electron chi connectivity index (χ1n) is 5.63. The molecule has 0 amide bonds. The number of nitrogens with zero attached hydrogens (tertiary/aromatic N) is 2. The molecule has 1 aromatic heterocycles. The molecule has 0 unspecified atom stereocenters. The second kappa shape index (κ2) is 4.22. The molecule has 2 rings (SSSR count). The van der Waals surface area contributed by atoms with E-state index in [0.29, 0.717) is 11.6 Å². The van der Waals surface area contributed by atoms with Crippen LogP contribution in [0.15, 0.2) is 12.3 Å². The lowest BCUT2D eigenvalue weighted by Crippen LogP contribution is -2.30. The molecule has 0 aliphatic carbocycles. The monoisotopic (exact) mass is 240 g/mol. The zero-order chi connectivity index (χ0) is 11.8. The average molecular weight is 241 g/mol. The Balaban J connectivity index is 2.30. The van der Waals surface area contributed by atoms with E-state index in [1.165, 1.54) is 0 Å². The molecular weight excluding hydrogens is 224 g/mol. The quantitative estimate of drug-likeness (QED) is 0.862. The second-order valence-electron chi connectivity index (χ2n) is 4.64. The SMILES string of the molecule is CCc1ncc(Cl)cc1N1CC[C@@](C)(O)C1. The van der Waals surface area contributed by atoms with Crippen LogP contribution in [0.1, 0.15) is 26.0 Å². The lowest BCUT2D eigenvalue weighted by molar-refractivity contribution is 0.0839. The summed E-state index contributed by atoms with van der Waals surface area (Å²) >= 11 is 5.97. The van der Waals surface area contributed by atoms with Gasteiger partial charge in [-0.25, -0.2) is 0 Å². The minimum atomic E-state index is -0.590. The third-order valence-corrected chi connectivity index (χ3v) is 3.25. The minimum absolute atomic E-state index is 0.590. The zero-order valence-electron chi connectivity index (χ0n) is 9.70. The number of rotatable bonds is 2. The van der Waals surface area contributed by atoms with Gasteiger partial charge in [0.2, 0.25) is 0 Å². The predicted molar refractivity (Wildman–Crippen MR) is 66.1 cm³/mol. The second-order valence-corrected chi connectivity index (χ2v) is 5.08. The molecule has 4 heteroatoms. The Bertz CT molecular complexity index is 393. The van der Waals surface area contributed by atoms with Crippen molar-refractivity contribution in [3.63, 3.8) is 0 Å². The summed E-state index contributed by atoms with van der Waals surface area (Å²) in [6, 6.07) is 1.94. The van der Waals surface area contributed by atoms with Gasteiger partial charge in [-0.1, -0.05) is 18.5 Å². The molecular formula is C12H17ClN2O. The van der Waals surface area contributed by atoms with E-state index in [-0.39, 0.29) is 0 Å². The Kier molecular flexibility index (Phi) is 3.08. The molecule has 1 saturated heterocycles. The van der Waals surface area contributed by atoms with Gasteiger partial charge in [-0.2, -0.15) is 0 Å². The summed E-state index contributed by atoms with van der Waals surface area (Å²) in [4.78, 5) is 6.50. The fraction of sp³-hybridized carbons (Fsp3) is 0.583. The normalized spacial score (nSPS) is 25.1. The van der Waals surface area contributed by atoms with E-state index in [0.717, 1.165) is 30.8 Å². The standard InChI is InChI=1S/C12H17ClN2O/c1-3-10-11(6-9(13)7-14-10)15-5-4-12(2,16)8-15/h6-7,16H,3-5,8H2,1-2H3/t12-/m1/s1. The third kappa shape index (κ3) is 2.30. The molecule has 2 heterocycles. The van der Waals surface area contributed by atoms with Crippen LogP contribution in [0.25, 0.3) is 0 Å². The summed E-state index contributed by atoms with van der Waals surface area (Å²) in [5.74, 6) is 0. The minimum Gasteiger partial charge on any atom is -0.388 e. The van der Waals surface area contributed by atoms with Crippen LogP contribution in [0.4, 0.5) is 5.69 Å². The molecule has 3 nitrogen and oxygen atoms in total. The highest BCUT2D eigenvalue weighted by atomic mass is 35.5. The Morgan fingerprint density at radius 3 is 2.94 bits per heavy atom. The van der Waals surface area contributed by atoms with Gasteiger partial charge in [0.05, 0.1) is 22.0 Å². The number of aromatic nitrogens is 1. The fourth-order valence-electron chi connectivity index (χ4n) is 2.15. The molecule has 1 atom stereocenters. The van der Waals surface area contributed by atoms with Crippen molar-refractivity contribution in [1.29, 1.82) is 0 Å². The van der Waals surface area contributed by atoms with Gasteiger partial charge >= 0.3 is 0 Å². The maximum atomic E-state index is 9.96. The van der Waals surface area contributed by atoms with Gasteiger partial charge in [0.1, 0.15) is 0 Å². The molecule has 16 heavy (non-hydrogen) atoms. The van der Waals surface area contributed by atoms with Crippen LogP contribution in [0, 0.1) is 0 Å². The highest BCUT2D eigenvalue weighted by molar-refractivity contribution is 6.30. The maximum absolute atomic E-state index is 9.96. The van der Waals surface area contributed by atoms with Crippen molar-refractivity contribution < 1.29 is 5.11 Å². The maximum Gasteiger partial charge on any atom is 0.0810 e. The van der Waals surface area contributed by atoms with Crippen molar-refractivity contribution >= 4 is 17.3 Å². The molecule has 0 bridgehead atoms. The van der Waals surface area contributed by atoms with E-state index in [1.807, 2.05) is 13.0 Å². The van der Waals surface area contributed by atoms with E-state index in [1.54, 1.807) is 6.20 Å². The lowest BCUT2D eigenvalue weighted by atomic mass is 10.1. The van der Waals surface area contributed by atoms with E-state index in [4.69, 9.17) is 11.6 Å². The molecule has 1 aromatic rings. The topological polar surface area (TPSA) is 36.4 Å². The van der Waals surface area contributed by atoms with Gasteiger partial charge < -0.3 is 10.0 Å². The highest BCUT2D eigenvalue weighted by Crippen LogP contribution is 2.30. The van der Waals surface area contributed by atoms with Crippen molar-refractivity contribution in [2.75, 3.05) is 18.0 Å². The number of hydrogen-bond acceptors (Lipinski definition) is 3. The first-order valence-corrected chi connectivity index (χ1v) is 6.01. The van der Waals surface area contributed by atoms with Crippen LogP contribution in [-0.4, -0.2) is 28.8 Å². The van der Waals surface area contributed by atoms with Gasteiger partial charge in [0, 0.05) is 19.3 Å². The predicted octanol–water partition coefficient (Wildman–Crippen LogP) is 2.26. The Labute approximate surface area is 101 Å². The number of β-amino-alcohol motifs (C(OH)–C–C–N with tert-alkyl or cyclic N) is 1. The van der Waals surface area contributed by atoms with E-state index >= 15 is 0 Å². The van der Waals surface area contributed by atoms with Gasteiger partial charge in [0.25, 0.3) is 0 Å². The van der Waals surface area contributed by atoms with Crippen molar-refractivity contribution in [2.45, 2.75) is 32.3 Å². The van der Waals surface area contributed by atoms with Crippen molar-refractivity contribution in [2.24, 2.45) is 0 Å². The van der Waals surface area contributed by atoms with Crippen molar-refractivity contribution in [3.05, 3.63) is 23.0 Å². The first kappa shape index (κ1) is 11.7. The highest BCUT2D eigenvalue weighted by Gasteiger charge is 2.32. The van der Waals surface area contributed by atoms with Gasteiger partial charge in [0.15, 0.2) is 0 Å². The smallest absolute Gasteiger partial charge is 0.0810 e. The van der Waals surface area contributed by atoms with Gasteiger partial charge in [-0.05, 0) is 25.8 Å². The number of aryl methyl sites for hydroxylation is 1. The lowest BCUT2D eigenvalue weighted by Gasteiger charge is -2.22. The summed E-state index contributed by atoms with van der Waals surface area (Å²) in [7, 11) is 0. The first-order chi connectivity index (χ1) is 7.52. The molecule has 1 N–H and O–H groups in total. The zero-order valence-corrected chi connectivity index (χ0v) is 10.5.